The molecule has 1 unspecified atom stereocenters. The molecule has 2 fully saturated rings. The maximum absolute atomic E-state index is 15.4. The predicted molar refractivity (Wildman–Crippen MR) is 123 cm³/mol. The second-order valence-electron chi connectivity index (χ2n) is 8.96. The number of aromatic hydroxyl groups is 1. The normalized spacial score (nSPS) is 27.0. The van der Waals surface area contributed by atoms with Crippen LogP contribution in [0.2, 0.25) is 0 Å². The van der Waals surface area contributed by atoms with Crippen LogP contribution in [0, 0.1) is 0 Å². The van der Waals surface area contributed by atoms with Crippen molar-refractivity contribution in [2.75, 3.05) is 26.1 Å². The number of ether oxygens (including phenoxy) is 1. The second-order valence-corrected chi connectivity index (χ2v) is 9.91. The number of methoxy groups -OCH3 is 1. The van der Waals surface area contributed by atoms with Gasteiger partial charge in [-0.05, 0) is 45.4 Å². The van der Waals surface area contributed by atoms with Crippen LogP contribution in [0.3, 0.4) is 0 Å². The van der Waals surface area contributed by atoms with Crippen molar-refractivity contribution in [3.63, 3.8) is 0 Å². The van der Waals surface area contributed by atoms with E-state index < -0.39 is 6.17 Å². The van der Waals surface area contributed by atoms with E-state index in [1.165, 1.54) is 24.8 Å². The summed E-state index contributed by atoms with van der Waals surface area (Å²) in [5, 5.41) is 20.5. The number of fused-ring (bicyclic) bond motifs is 2. The van der Waals surface area contributed by atoms with Gasteiger partial charge in [0.05, 0.1) is 18.7 Å². The molecule has 1 N–H and O–H groups in total. The number of halogens is 1. The molecule has 2 aromatic heterocycles. The van der Waals surface area contributed by atoms with Gasteiger partial charge in [0.2, 0.25) is 5.13 Å². The molecule has 33 heavy (non-hydrogen) atoms. The minimum Gasteiger partial charge on any atom is -0.507 e. The SMILES string of the molecule is COc1ncnc(-c2ccc(-c3nnc(N(C)[C@H]4C[C@]5(C)CCC([C@H]4F)N5C)s3)c(O)c2)n1. The average molecular weight is 472 g/mol. The van der Waals surface area contributed by atoms with Crippen molar-refractivity contribution in [2.24, 2.45) is 0 Å². The lowest BCUT2D eigenvalue weighted by atomic mass is 9.86. The fraction of sp³-hybridized carbons (Fsp3) is 0.500. The van der Waals surface area contributed by atoms with E-state index >= 15 is 4.39 Å². The topological polar surface area (TPSA) is 100 Å². The lowest BCUT2D eigenvalue weighted by molar-refractivity contribution is 0.0223. The van der Waals surface area contributed by atoms with Crippen molar-refractivity contribution in [2.45, 2.75) is 50.0 Å². The summed E-state index contributed by atoms with van der Waals surface area (Å²) in [5.41, 5.74) is 1.17. The molecule has 5 rings (SSSR count). The van der Waals surface area contributed by atoms with Crippen molar-refractivity contribution >= 4 is 16.5 Å². The zero-order valence-electron chi connectivity index (χ0n) is 18.9. The van der Waals surface area contributed by atoms with E-state index in [0.717, 1.165) is 19.3 Å². The van der Waals surface area contributed by atoms with Crippen LogP contribution in [0.4, 0.5) is 9.52 Å². The molecule has 4 heterocycles. The third-order valence-electron chi connectivity index (χ3n) is 7.14. The van der Waals surface area contributed by atoms with Crippen LogP contribution in [-0.2, 0) is 0 Å². The number of anilines is 1. The van der Waals surface area contributed by atoms with Gasteiger partial charge in [-0.3, -0.25) is 4.90 Å². The minimum absolute atomic E-state index is 0.00547. The van der Waals surface area contributed by atoms with Gasteiger partial charge in [-0.15, -0.1) is 10.2 Å². The Morgan fingerprint density at radius 2 is 2.12 bits per heavy atom. The molecule has 174 valence electrons. The van der Waals surface area contributed by atoms with Gasteiger partial charge in [0.15, 0.2) is 10.8 Å². The van der Waals surface area contributed by atoms with Crippen LogP contribution in [0.1, 0.15) is 26.2 Å². The molecular weight excluding hydrogens is 445 g/mol. The highest BCUT2D eigenvalue weighted by molar-refractivity contribution is 7.18. The van der Waals surface area contributed by atoms with E-state index in [1.54, 1.807) is 18.2 Å². The van der Waals surface area contributed by atoms with Crippen molar-refractivity contribution in [1.29, 1.82) is 0 Å². The summed E-state index contributed by atoms with van der Waals surface area (Å²) in [6.45, 7) is 2.22. The molecule has 4 atom stereocenters. The van der Waals surface area contributed by atoms with E-state index in [-0.39, 0.29) is 29.4 Å². The van der Waals surface area contributed by atoms with Gasteiger partial charge in [-0.2, -0.15) is 9.97 Å². The molecule has 2 saturated heterocycles. The standard InChI is InChI=1S/C22H26FN7O2S/c1-22-8-7-14(30(22)3)17(23)15(10-22)29(2)21-28-27-19(33-21)13-6-5-12(9-16(13)31)18-24-11-25-20(26-18)32-4/h5-6,9,11,14-15,17,31H,7-8,10H2,1-4H3/t14?,15-,17+,22-/m0/s1. The number of phenols is 1. The molecule has 9 nitrogen and oxygen atoms in total. The molecule has 11 heteroatoms. The molecule has 2 bridgehead atoms. The molecule has 3 aromatic rings. The van der Waals surface area contributed by atoms with Crippen LogP contribution >= 0.6 is 11.3 Å². The van der Waals surface area contributed by atoms with Gasteiger partial charge >= 0.3 is 6.01 Å². The third kappa shape index (κ3) is 3.68. The number of nitrogens with zero attached hydrogens (tertiary/aromatic N) is 7. The minimum atomic E-state index is -0.951. The summed E-state index contributed by atoms with van der Waals surface area (Å²) in [7, 11) is 5.39. The third-order valence-corrected chi connectivity index (χ3v) is 8.19. The molecule has 1 aromatic carbocycles. The van der Waals surface area contributed by atoms with Crippen molar-refractivity contribution in [3.8, 4) is 33.7 Å². The van der Waals surface area contributed by atoms with Gasteiger partial charge < -0.3 is 14.7 Å². The molecule has 0 aliphatic carbocycles. The number of alkyl halides is 1. The summed E-state index contributed by atoms with van der Waals surface area (Å²) in [5.74, 6) is 0.422. The van der Waals surface area contributed by atoms with E-state index in [1.807, 2.05) is 19.0 Å². The van der Waals surface area contributed by atoms with Gasteiger partial charge in [-0.25, -0.2) is 9.37 Å². The van der Waals surface area contributed by atoms with Crippen LogP contribution in [0.5, 0.6) is 11.8 Å². The van der Waals surface area contributed by atoms with Crippen LogP contribution < -0.4 is 9.64 Å². The first-order chi connectivity index (χ1) is 15.8. The van der Waals surface area contributed by atoms with E-state index in [2.05, 4.69) is 37.0 Å². The Kier molecular flexibility index (Phi) is 5.40. The maximum atomic E-state index is 15.4. The fourth-order valence-corrected chi connectivity index (χ4v) is 5.90. The lowest BCUT2D eigenvalue weighted by Gasteiger charge is -2.48. The Morgan fingerprint density at radius 3 is 2.88 bits per heavy atom. The number of benzene rings is 1. The summed E-state index contributed by atoms with van der Waals surface area (Å²) in [4.78, 5) is 16.3. The summed E-state index contributed by atoms with van der Waals surface area (Å²) >= 11 is 1.34. The second kappa shape index (κ2) is 8.14. The smallest absolute Gasteiger partial charge is 0.319 e. The first-order valence-electron chi connectivity index (χ1n) is 10.8. The zero-order valence-corrected chi connectivity index (χ0v) is 19.8. The highest BCUT2D eigenvalue weighted by Gasteiger charge is 2.53. The van der Waals surface area contributed by atoms with E-state index in [0.29, 0.717) is 27.1 Å². The zero-order chi connectivity index (χ0) is 23.3. The first-order valence-corrected chi connectivity index (χ1v) is 11.6. The van der Waals surface area contributed by atoms with E-state index in [9.17, 15) is 5.11 Å². The number of piperidine rings is 1. The quantitative estimate of drug-likeness (QED) is 0.601. The number of rotatable bonds is 5. The predicted octanol–water partition coefficient (Wildman–Crippen LogP) is 3.17. The van der Waals surface area contributed by atoms with Gasteiger partial charge in [0, 0.05) is 24.2 Å². The number of hydrogen-bond donors (Lipinski definition) is 1. The summed E-state index contributed by atoms with van der Waals surface area (Å²) in [6.07, 6.45) is 3.03. The average Bonchev–Trinajstić information content (AvgIpc) is 3.38. The highest BCUT2D eigenvalue weighted by atomic mass is 32.1. The van der Waals surface area contributed by atoms with Crippen molar-refractivity contribution < 1.29 is 14.2 Å². The van der Waals surface area contributed by atoms with Crippen LogP contribution in [-0.4, -0.2) is 80.2 Å². The van der Waals surface area contributed by atoms with Gasteiger partial charge in [0.25, 0.3) is 0 Å². The molecule has 0 spiro atoms. The Hall–Kier alpha value is -2.92. The number of aromatic nitrogens is 5. The summed E-state index contributed by atoms with van der Waals surface area (Å²) < 4.78 is 20.4. The Labute approximate surface area is 195 Å². The highest BCUT2D eigenvalue weighted by Crippen LogP contribution is 2.46. The molecule has 0 amide bonds. The molecule has 2 aliphatic rings. The molecule has 0 radical (unpaired) electrons. The Morgan fingerprint density at radius 1 is 1.30 bits per heavy atom. The van der Waals surface area contributed by atoms with Crippen molar-refractivity contribution in [1.82, 2.24) is 30.0 Å². The Bertz CT molecular complexity index is 1180. The largest absolute Gasteiger partial charge is 0.507 e. The van der Waals surface area contributed by atoms with Crippen LogP contribution in [0.25, 0.3) is 22.0 Å². The van der Waals surface area contributed by atoms with E-state index in [4.69, 9.17) is 4.74 Å². The first kappa shape index (κ1) is 21.9. The maximum Gasteiger partial charge on any atom is 0.319 e. The number of hydrogen-bond acceptors (Lipinski definition) is 10. The summed E-state index contributed by atoms with van der Waals surface area (Å²) in [6, 6.07) is 5.00. The van der Waals surface area contributed by atoms with Gasteiger partial charge in [-0.1, -0.05) is 17.4 Å². The molecule has 2 aliphatic heterocycles. The Balaban J connectivity index is 1.38. The molecule has 0 saturated carbocycles. The number of phenolic OH excluding ortho intramolecular Hbond substituents is 1. The monoisotopic (exact) mass is 471 g/mol. The van der Waals surface area contributed by atoms with Gasteiger partial charge in [0.1, 0.15) is 18.2 Å². The molecular formula is C22H26FN7O2S. The fourth-order valence-electron chi connectivity index (χ4n) is 5.00. The van der Waals surface area contributed by atoms with Crippen LogP contribution in [0.15, 0.2) is 24.5 Å². The van der Waals surface area contributed by atoms with Crippen molar-refractivity contribution in [3.05, 3.63) is 24.5 Å². The lowest BCUT2D eigenvalue weighted by Crippen LogP contribution is -2.60.